The van der Waals surface area contributed by atoms with E-state index < -0.39 is 0 Å². The Bertz CT molecular complexity index is 3090. The summed E-state index contributed by atoms with van der Waals surface area (Å²) in [6.07, 6.45) is 5.46. The van der Waals surface area contributed by atoms with Crippen LogP contribution in [0.4, 0.5) is 34.5 Å². The molecule has 0 saturated carbocycles. The summed E-state index contributed by atoms with van der Waals surface area (Å²) in [4.78, 5) is 18.9. The summed E-state index contributed by atoms with van der Waals surface area (Å²) in [7, 11) is 0. The molecule has 7 aromatic carbocycles. The Morgan fingerprint density at radius 1 is 0.456 bits per heavy atom. The Hall–Kier alpha value is -7.88. The van der Waals surface area contributed by atoms with Gasteiger partial charge in [0.2, 0.25) is 0 Å². The fourth-order valence-corrected chi connectivity index (χ4v) is 8.08. The molecule has 0 atom stereocenters. The van der Waals surface area contributed by atoms with Gasteiger partial charge in [0.15, 0.2) is 5.82 Å². The van der Waals surface area contributed by atoms with Gasteiger partial charge in [-0.3, -0.25) is 9.80 Å². The van der Waals surface area contributed by atoms with Crippen molar-refractivity contribution in [3.63, 3.8) is 0 Å². The Labute approximate surface area is 330 Å². The minimum atomic E-state index is 0.453. The van der Waals surface area contributed by atoms with Gasteiger partial charge in [0.05, 0.1) is 22.6 Å². The molecule has 268 valence electrons. The van der Waals surface area contributed by atoms with Crippen molar-refractivity contribution in [3.05, 3.63) is 200 Å². The minimum Gasteiger partial charge on any atom is -0.294 e. The summed E-state index contributed by atoms with van der Waals surface area (Å²) in [5.74, 6) is 2.02. The maximum Gasteiger partial charge on any atom is 0.156 e. The molecule has 0 fully saturated rings. The third-order valence-electron chi connectivity index (χ3n) is 10.7. The van der Waals surface area contributed by atoms with Crippen molar-refractivity contribution < 1.29 is 0 Å². The molecule has 3 aromatic heterocycles. The van der Waals surface area contributed by atoms with E-state index in [4.69, 9.17) is 15.0 Å². The molecule has 10 rings (SSSR count). The molecule has 0 spiro atoms. The number of anilines is 6. The predicted octanol–water partition coefficient (Wildman–Crippen LogP) is 13.2. The number of aryl methyl sites for hydroxylation is 1. The first-order valence-corrected chi connectivity index (χ1v) is 18.9. The second kappa shape index (κ2) is 14.1. The van der Waals surface area contributed by atoms with Crippen LogP contribution >= 0.6 is 0 Å². The van der Waals surface area contributed by atoms with E-state index in [1.54, 1.807) is 6.20 Å². The summed E-state index contributed by atoms with van der Waals surface area (Å²) in [6.45, 7) is 2.17. The van der Waals surface area contributed by atoms with E-state index in [9.17, 15) is 5.26 Å². The van der Waals surface area contributed by atoms with Crippen LogP contribution in [-0.2, 0) is 0 Å². The van der Waals surface area contributed by atoms with Crippen molar-refractivity contribution in [1.29, 1.82) is 5.26 Å². The smallest absolute Gasteiger partial charge is 0.156 e. The number of pyridine rings is 3. The maximum atomic E-state index is 10.6. The van der Waals surface area contributed by atoms with Crippen molar-refractivity contribution in [2.24, 2.45) is 0 Å². The first-order valence-electron chi connectivity index (χ1n) is 18.9. The molecule has 0 radical (unpaired) electrons. The van der Waals surface area contributed by atoms with Crippen LogP contribution in [0.2, 0.25) is 0 Å². The fourth-order valence-electron chi connectivity index (χ4n) is 8.08. The number of hydrogen-bond donors (Lipinski definition) is 0. The van der Waals surface area contributed by atoms with E-state index >= 15 is 0 Å². The highest BCUT2D eigenvalue weighted by Crippen LogP contribution is 2.47. The largest absolute Gasteiger partial charge is 0.294 e. The van der Waals surface area contributed by atoms with Gasteiger partial charge in [-0.1, -0.05) is 115 Å². The van der Waals surface area contributed by atoms with Gasteiger partial charge >= 0.3 is 0 Å². The lowest BCUT2D eigenvalue weighted by Crippen LogP contribution is -2.15. The van der Waals surface area contributed by atoms with Crippen LogP contribution in [-0.4, -0.2) is 15.0 Å². The molecule has 10 aromatic rings. The Morgan fingerprint density at radius 3 is 1.54 bits per heavy atom. The zero-order valence-corrected chi connectivity index (χ0v) is 31.1. The van der Waals surface area contributed by atoms with Crippen LogP contribution in [0.15, 0.2) is 188 Å². The van der Waals surface area contributed by atoms with Crippen molar-refractivity contribution in [2.45, 2.75) is 6.92 Å². The Morgan fingerprint density at radius 2 is 0.982 bits per heavy atom. The molecule has 0 aliphatic carbocycles. The third kappa shape index (κ3) is 5.86. The topological polar surface area (TPSA) is 68.9 Å². The zero-order valence-electron chi connectivity index (χ0n) is 31.1. The van der Waals surface area contributed by atoms with Crippen LogP contribution < -0.4 is 9.80 Å². The third-order valence-corrected chi connectivity index (χ3v) is 10.7. The summed E-state index contributed by atoms with van der Waals surface area (Å²) in [5, 5.41) is 17.2. The molecule has 6 nitrogen and oxygen atoms in total. The normalized spacial score (nSPS) is 11.2. The highest BCUT2D eigenvalue weighted by molar-refractivity contribution is 6.28. The molecule has 0 aliphatic rings. The van der Waals surface area contributed by atoms with E-state index in [1.807, 2.05) is 90.1 Å². The van der Waals surface area contributed by atoms with Crippen LogP contribution in [0.25, 0.3) is 54.6 Å². The summed E-state index contributed by atoms with van der Waals surface area (Å²) in [5.41, 5.74) is 8.78. The van der Waals surface area contributed by atoms with E-state index in [1.165, 1.54) is 11.1 Å². The molecule has 0 bridgehead atoms. The zero-order chi connectivity index (χ0) is 38.3. The molecular formula is C51H34N6. The van der Waals surface area contributed by atoms with Crippen LogP contribution in [0.1, 0.15) is 11.1 Å². The lowest BCUT2D eigenvalue weighted by Gasteiger charge is -2.29. The Balaban J connectivity index is 1.19. The number of benzene rings is 7. The van der Waals surface area contributed by atoms with E-state index in [-0.39, 0.29) is 0 Å². The average molecular weight is 731 g/mol. The maximum absolute atomic E-state index is 10.6. The van der Waals surface area contributed by atoms with E-state index in [2.05, 4.69) is 115 Å². The number of rotatable bonds is 8. The highest BCUT2D eigenvalue weighted by atomic mass is 15.2. The summed E-state index contributed by atoms with van der Waals surface area (Å²) < 4.78 is 0. The van der Waals surface area contributed by atoms with Gasteiger partial charge < -0.3 is 0 Å². The van der Waals surface area contributed by atoms with E-state index in [0.717, 1.165) is 71.9 Å². The van der Waals surface area contributed by atoms with Crippen LogP contribution in [0.5, 0.6) is 0 Å². The van der Waals surface area contributed by atoms with Gasteiger partial charge in [0.1, 0.15) is 17.7 Å². The van der Waals surface area contributed by atoms with Crippen molar-refractivity contribution >= 4 is 66.8 Å². The molecule has 6 heteroatoms. The number of nitriles is 1. The van der Waals surface area contributed by atoms with Gasteiger partial charge in [-0.25, -0.2) is 15.0 Å². The average Bonchev–Trinajstić information content (AvgIpc) is 3.28. The monoisotopic (exact) mass is 730 g/mol. The van der Waals surface area contributed by atoms with Crippen LogP contribution in [0, 0.1) is 18.3 Å². The Kier molecular flexibility index (Phi) is 8.32. The van der Waals surface area contributed by atoms with Crippen molar-refractivity contribution in [3.8, 4) is 28.3 Å². The molecule has 57 heavy (non-hydrogen) atoms. The van der Waals surface area contributed by atoms with Crippen molar-refractivity contribution in [2.75, 3.05) is 9.80 Å². The first-order chi connectivity index (χ1) is 28.2. The lowest BCUT2D eigenvalue weighted by molar-refractivity contribution is 1.12. The van der Waals surface area contributed by atoms with Gasteiger partial charge in [0, 0.05) is 34.9 Å². The molecule has 0 saturated heterocycles. The number of aromatic nitrogens is 3. The summed E-state index contributed by atoms with van der Waals surface area (Å²) >= 11 is 0. The number of nitrogens with zero attached hydrogens (tertiary/aromatic N) is 6. The molecule has 0 N–H and O–H groups in total. The second-order valence-electron chi connectivity index (χ2n) is 14.1. The van der Waals surface area contributed by atoms with Gasteiger partial charge in [-0.05, 0) is 105 Å². The molecule has 0 amide bonds. The predicted molar refractivity (Wildman–Crippen MR) is 233 cm³/mol. The standard InChI is InChI=1S/C51H34N6/c1-34-30-39(35-12-4-2-5-13-35)22-25-44(34)56(47-16-8-10-28-53-47)45-26-20-37-19-24-43-46(27-21-38-18-23-42(45)49(37)50(38)43)57(48-17-9-11-29-54-48)51-40(32-52)31-41(33-55-51)36-14-6-3-7-15-36/h2-31,33H,1H3. The van der Waals surface area contributed by atoms with Gasteiger partial charge in [-0.2, -0.15) is 5.26 Å². The molecule has 0 aliphatic heterocycles. The molecule has 3 heterocycles. The van der Waals surface area contributed by atoms with Gasteiger partial charge in [0.25, 0.3) is 0 Å². The quantitative estimate of drug-likeness (QED) is 0.145. The number of hydrogen-bond acceptors (Lipinski definition) is 6. The first kappa shape index (κ1) is 33.7. The minimum absolute atomic E-state index is 0.453. The second-order valence-corrected chi connectivity index (χ2v) is 14.1. The highest BCUT2D eigenvalue weighted by Gasteiger charge is 2.25. The van der Waals surface area contributed by atoms with E-state index in [0.29, 0.717) is 17.2 Å². The van der Waals surface area contributed by atoms with Gasteiger partial charge in [-0.15, -0.1) is 0 Å². The molecule has 0 unspecified atom stereocenters. The molecular weight excluding hydrogens is 697 g/mol. The summed E-state index contributed by atoms with van der Waals surface area (Å²) in [6, 6.07) is 60.9. The fraction of sp³-hybridized carbons (Fsp3) is 0.0196. The van der Waals surface area contributed by atoms with Crippen LogP contribution in [0.3, 0.4) is 0 Å². The SMILES string of the molecule is Cc1cc(-c2ccccc2)ccc1N(c1ccccn1)c1ccc2ccc3c(N(c4ccccn4)c4ncc(-c5ccccc5)cc4C#N)ccc4ccc1c2c43. The van der Waals surface area contributed by atoms with Crippen molar-refractivity contribution in [1.82, 2.24) is 15.0 Å². The lowest BCUT2D eigenvalue weighted by atomic mass is 9.91.